The zero-order valence-corrected chi connectivity index (χ0v) is 15.4. The zero-order chi connectivity index (χ0) is 18.4. The molecule has 0 atom stereocenters. The predicted octanol–water partition coefficient (Wildman–Crippen LogP) is 4.52. The molecule has 4 heteroatoms. The van der Waals surface area contributed by atoms with Crippen molar-refractivity contribution in [1.29, 1.82) is 0 Å². The van der Waals surface area contributed by atoms with Crippen molar-refractivity contribution in [3.05, 3.63) is 71.0 Å². The molecular formula is C22H27FN2O. The summed E-state index contributed by atoms with van der Waals surface area (Å²) in [5.41, 5.74) is 2.39. The molecule has 0 spiro atoms. The monoisotopic (exact) mass is 354 g/mol. The van der Waals surface area contributed by atoms with Crippen LogP contribution >= 0.6 is 0 Å². The SMILES string of the molecule is CN(Cc1ccccc1CNC(=O)c1ccccc1F)C1CCCCC1. The summed E-state index contributed by atoms with van der Waals surface area (Å²) in [4.78, 5) is 14.7. The zero-order valence-electron chi connectivity index (χ0n) is 15.4. The van der Waals surface area contributed by atoms with Gasteiger partial charge in [0.1, 0.15) is 5.82 Å². The second-order valence-corrected chi connectivity index (χ2v) is 7.14. The molecule has 0 heterocycles. The maximum absolute atomic E-state index is 13.8. The average molecular weight is 354 g/mol. The maximum Gasteiger partial charge on any atom is 0.254 e. The second-order valence-electron chi connectivity index (χ2n) is 7.14. The molecule has 0 radical (unpaired) electrons. The summed E-state index contributed by atoms with van der Waals surface area (Å²) in [6.45, 7) is 1.28. The van der Waals surface area contributed by atoms with E-state index in [1.807, 2.05) is 18.2 Å². The Morgan fingerprint density at radius 2 is 1.69 bits per heavy atom. The number of hydrogen-bond donors (Lipinski definition) is 1. The van der Waals surface area contributed by atoms with E-state index in [0.717, 1.165) is 12.1 Å². The molecule has 0 unspecified atom stereocenters. The van der Waals surface area contributed by atoms with Gasteiger partial charge in [-0.25, -0.2) is 4.39 Å². The fraction of sp³-hybridized carbons (Fsp3) is 0.409. The van der Waals surface area contributed by atoms with Crippen molar-refractivity contribution in [2.45, 2.75) is 51.2 Å². The minimum atomic E-state index is -0.490. The molecule has 1 aliphatic carbocycles. The van der Waals surface area contributed by atoms with E-state index >= 15 is 0 Å². The topological polar surface area (TPSA) is 32.3 Å². The number of hydrogen-bond acceptors (Lipinski definition) is 2. The number of halogens is 1. The van der Waals surface area contributed by atoms with Crippen molar-refractivity contribution < 1.29 is 9.18 Å². The molecule has 3 nitrogen and oxygen atoms in total. The molecule has 26 heavy (non-hydrogen) atoms. The van der Waals surface area contributed by atoms with Gasteiger partial charge in [0.05, 0.1) is 5.56 Å². The summed E-state index contributed by atoms with van der Waals surface area (Å²) >= 11 is 0. The van der Waals surface area contributed by atoms with E-state index in [1.54, 1.807) is 12.1 Å². The predicted molar refractivity (Wildman–Crippen MR) is 102 cm³/mol. The Labute approximate surface area is 155 Å². The van der Waals surface area contributed by atoms with Crippen LogP contribution in [0.2, 0.25) is 0 Å². The Kier molecular flexibility index (Phi) is 6.40. The van der Waals surface area contributed by atoms with E-state index in [9.17, 15) is 9.18 Å². The van der Waals surface area contributed by atoms with Crippen LogP contribution in [0.25, 0.3) is 0 Å². The van der Waals surface area contributed by atoms with Crippen LogP contribution in [0.3, 0.4) is 0 Å². The average Bonchev–Trinajstić information content (AvgIpc) is 2.68. The lowest BCUT2D eigenvalue weighted by atomic mass is 9.94. The summed E-state index contributed by atoms with van der Waals surface area (Å²) < 4.78 is 13.8. The van der Waals surface area contributed by atoms with E-state index in [4.69, 9.17) is 0 Å². The summed E-state index contributed by atoms with van der Waals surface area (Å²) in [5.74, 6) is -0.867. The highest BCUT2D eigenvalue weighted by Crippen LogP contribution is 2.23. The largest absolute Gasteiger partial charge is 0.348 e. The lowest BCUT2D eigenvalue weighted by Crippen LogP contribution is -2.33. The molecule has 138 valence electrons. The van der Waals surface area contributed by atoms with Crippen LogP contribution < -0.4 is 5.32 Å². The third kappa shape index (κ3) is 4.70. The van der Waals surface area contributed by atoms with Crippen molar-refractivity contribution >= 4 is 5.91 Å². The van der Waals surface area contributed by atoms with E-state index in [0.29, 0.717) is 12.6 Å². The van der Waals surface area contributed by atoms with Crippen LogP contribution in [0, 0.1) is 5.82 Å². The van der Waals surface area contributed by atoms with Gasteiger partial charge in [-0.1, -0.05) is 55.7 Å². The number of rotatable bonds is 6. The fourth-order valence-corrected chi connectivity index (χ4v) is 3.72. The Balaban J connectivity index is 1.63. The van der Waals surface area contributed by atoms with Gasteiger partial charge in [0.25, 0.3) is 5.91 Å². The molecule has 2 aromatic carbocycles. The molecule has 1 aliphatic rings. The summed E-state index contributed by atoms with van der Waals surface area (Å²) in [5, 5.41) is 2.85. The summed E-state index contributed by atoms with van der Waals surface area (Å²) in [6.07, 6.45) is 6.51. The number of benzene rings is 2. The highest BCUT2D eigenvalue weighted by molar-refractivity contribution is 5.94. The Morgan fingerprint density at radius 3 is 2.42 bits per heavy atom. The normalized spacial score (nSPS) is 15.2. The van der Waals surface area contributed by atoms with Crippen molar-refractivity contribution in [3.63, 3.8) is 0 Å². The number of nitrogens with zero attached hydrogens (tertiary/aromatic N) is 1. The summed E-state index contributed by atoms with van der Waals surface area (Å²) in [6, 6.07) is 14.9. The molecule has 1 N–H and O–H groups in total. The van der Waals surface area contributed by atoms with Gasteiger partial charge < -0.3 is 5.32 Å². The van der Waals surface area contributed by atoms with E-state index in [-0.39, 0.29) is 11.5 Å². The van der Waals surface area contributed by atoms with Crippen molar-refractivity contribution in [1.82, 2.24) is 10.2 Å². The molecule has 1 amide bonds. The van der Waals surface area contributed by atoms with E-state index in [1.165, 1.54) is 49.8 Å². The van der Waals surface area contributed by atoms with Crippen LogP contribution in [0.1, 0.15) is 53.6 Å². The van der Waals surface area contributed by atoms with E-state index < -0.39 is 5.82 Å². The van der Waals surface area contributed by atoms with Gasteiger partial charge in [0.2, 0.25) is 0 Å². The lowest BCUT2D eigenvalue weighted by Gasteiger charge is -2.31. The third-order valence-corrected chi connectivity index (χ3v) is 5.29. The first-order chi connectivity index (χ1) is 12.6. The molecule has 0 aromatic heterocycles. The van der Waals surface area contributed by atoms with Gasteiger partial charge >= 0.3 is 0 Å². The van der Waals surface area contributed by atoms with Gasteiger partial charge in [-0.3, -0.25) is 9.69 Å². The molecule has 1 fully saturated rings. The van der Waals surface area contributed by atoms with E-state index in [2.05, 4.69) is 23.3 Å². The molecule has 3 rings (SSSR count). The van der Waals surface area contributed by atoms with Gasteiger partial charge in [-0.05, 0) is 43.1 Å². The molecule has 2 aromatic rings. The molecule has 0 saturated heterocycles. The third-order valence-electron chi connectivity index (χ3n) is 5.29. The van der Waals surface area contributed by atoms with Gasteiger partial charge in [-0.15, -0.1) is 0 Å². The first-order valence-electron chi connectivity index (χ1n) is 9.45. The van der Waals surface area contributed by atoms with Crippen LogP contribution in [-0.2, 0) is 13.1 Å². The molecule has 0 bridgehead atoms. The van der Waals surface area contributed by atoms with Gasteiger partial charge in [0, 0.05) is 19.1 Å². The quantitative estimate of drug-likeness (QED) is 0.827. The van der Waals surface area contributed by atoms with Crippen LogP contribution in [0.5, 0.6) is 0 Å². The Bertz CT molecular complexity index is 740. The highest BCUT2D eigenvalue weighted by Gasteiger charge is 2.19. The molecule has 0 aliphatic heterocycles. The smallest absolute Gasteiger partial charge is 0.254 e. The minimum absolute atomic E-state index is 0.0873. The Morgan fingerprint density at radius 1 is 1.04 bits per heavy atom. The van der Waals surface area contributed by atoms with Crippen LogP contribution in [0.4, 0.5) is 4.39 Å². The first kappa shape index (κ1) is 18.6. The van der Waals surface area contributed by atoms with Crippen molar-refractivity contribution in [2.75, 3.05) is 7.05 Å². The van der Waals surface area contributed by atoms with Gasteiger partial charge in [0.15, 0.2) is 0 Å². The molecule has 1 saturated carbocycles. The number of carbonyl (C=O) groups is 1. The number of nitrogens with one attached hydrogen (secondary N) is 1. The molecular weight excluding hydrogens is 327 g/mol. The van der Waals surface area contributed by atoms with Crippen LogP contribution in [0.15, 0.2) is 48.5 Å². The summed E-state index contributed by atoms with van der Waals surface area (Å²) in [7, 11) is 2.19. The number of amides is 1. The number of carbonyl (C=O) groups excluding carboxylic acids is 1. The minimum Gasteiger partial charge on any atom is -0.348 e. The van der Waals surface area contributed by atoms with Crippen LogP contribution in [-0.4, -0.2) is 23.9 Å². The second kappa shape index (κ2) is 8.95. The fourth-order valence-electron chi connectivity index (χ4n) is 3.72. The lowest BCUT2D eigenvalue weighted by molar-refractivity contribution is 0.0946. The standard InChI is InChI=1S/C22H27FN2O/c1-25(19-11-3-2-4-12-19)16-18-10-6-5-9-17(18)15-24-22(26)20-13-7-8-14-21(20)23/h5-10,13-14,19H,2-4,11-12,15-16H2,1H3,(H,24,26). The van der Waals surface area contributed by atoms with Gasteiger partial charge in [-0.2, -0.15) is 0 Å². The van der Waals surface area contributed by atoms with Crippen molar-refractivity contribution in [3.8, 4) is 0 Å². The maximum atomic E-state index is 13.8. The van der Waals surface area contributed by atoms with Crippen molar-refractivity contribution in [2.24, 2.45) is 0 Å². The Hall–Kier alpha value is -2.20. The highest BCUT2D eigenvalue weighted by atomic mass is 19.1. The first-order valence-corrected chi connectivity index (χ1v) is 9.45.